The number of halogens is 1. The summed E-state index contributed by atoms with van der Waals surface area (Å²) < 4.78 is 5.54. The number of aromatic nitrogens is 1. The van der Waals surface area contributed by atoms with E-state index in [0.29, 0.717) is 32.7 Å². The molecule has 2 aromatic rings. The van der Waals surface area contributed by atoms with Crippen LogP contribution in [0.1, 0.15) is 64.1 Å². The molecule has 0 bridgehead atoms. The SMILES string of the molecule is Cc1ncsc1-c1ccc(CNC(=O)[C@@H]2CCCN2C(=O)[C@@H](NC(=O)CCOCCCCBr)C(C)(C)C)cc1. The number of aryl methyl sites for hydroxylation is 1. The number of benzene rings is 1. The van der Waals surface area contributed by atoms with Crippen molar-refractivity contribution in [2.75, 3.05) is 25.1 Å². The van der Waals surface area contributed by atoms with E-state index in [-0.39, 0.29) is 24.1 Å². The molecule has 1 saturated heterocycles. The Morgan fingerprint density at radius 2 is 1.92 bits per heavy atom. The van der Waals surface area contributed by atoms with Crippen LogP contribution in [0.2, 0.25) is 0 Å². The third-order valence-corrected chi connectivity index (χ3v) is 8.37. The zero-order chi connectivity index (χ0) is 28.4. The van der Waals surface area contributed by atoms with E-state index in [1.165, 1.54) is 0 Å². The molecule has 0 saturated carbocycles. The van der Waals surface area contributed by atoms with Gasteiger partial charge in [0.15, 0.2) is 0 Å². The number of alkyl halides is 1. The lowest BCUT2D eigenvalue weighted by Crippen LogP contribution is -2.57. The van der Waals surface area contributed by atoms with Crippen molar-refractivity contribution < 1.29 is 19.1 Å². The van der Waals surface area contributed by atoms with Gasteiger partial charge in [-0.05, 0) is 49.1 Å². The molecule has 0 radical (unpaired) electrons. The van der Waals surface area contributed by atoms with Crippen LogP contribution in [-0.4, -0.2) is 64.8 Å². The van der Waals surface area contributed by atoms with Gasteiger partial charge in [0.25, 0.3) is 0 Å². The van der Waals surface area contributed by atoms with Gasteiger partial charge < -0.3 is 20.3 Å². The number of carbonyl (C=O) groups is 3. The fourth-order valence-corrected chi connectivity index (χ4v) is 5.78. The summed E-state index contributed by atoms with van der Waals surface area (Å²) in [7, 11) is 0. The van der Waals surface area contributed by atoms with E-state index in [0.717, 1.165) is 46.3 Å². The average Bonchev–Trinajstić information content (AvgIpc) is 3.56. The summed E-state index contributed by atoms with van der Waals surface area (Å²) in [4.78, 5) is 46.5. The summed E-state index contributed by atoms with van der Waals surface area (Å²) >= 11 is 5.00. The van der Waals surface area contributed by atoms with Crippen molar-refractivity contribution >= 4 is 45.0 Å². The highest BCUT2D eigenvalue weighted by Gasteiger charge is 2.41. The van der Waals surface area contributed by atoms with Crippen molar-refractivity contribution in [3.8, 4) is 10.4 Å². The highest BCUT2D eigenvalue weighted by Crippen LogP contribution is 2.28. The number of hydrogen-bond acceptors (Lipinski definition) is 6. The van der Waals surface area contributed by atoms with E-state index in [1.54, 1.807) is 16.2 Å². The minimum Gasteiger partial charge on any atom is -0.381 e. The van der Waals surface area contributed by atoms with Crippen LogP contribution in [0.25, 0.3) is 10.4 Å². The molecule has 1 aliphatic rings. The normalized spacial score (nSPS) is 16.2. The molecule has 0 spiro atoms. The standard InChI is InChI=1S/C29H41BrN4O4S/c1-20-25(39-19-32-20)22-11-9-21(10-12-22)18-31-27(36)23-8-7-15-34(23)28(37)26(29(2,3)4)33-24(35)13-17-38-16-6-5-14-30/h9-12,19,23,26H,5-8,13-18H2,1-4H3,(H,31,36)(H,33,35)/t23-,26+/m0/s1. The second-order valence-corrected chi connectivity index (χ2v) is 12.6. The van der Waals surface area contributed by atoms with Crippen LogP contribution in [0.3, 0.4) is 0 Å². The van der Waals surface area contributed by atoms with Gasteiger partial charge in [-0.2, -0.15) is 0 Å². The smallest absolute Gasteiger partial charge is 0.246 e. The number of nitrogens with one attached hydrogen (secondary N) is 2. The predicted molar refractivity (Wildman–Crippen MR) is 159 cm³/mol. The molecule has 10 heteroatoms. The summed E-state index contributed by atoms with van der Waals surface area (Å²) in [5, 5.41) is 6.86. The highest BCUT2D eigenvalue weighted by atomic mass is 79.9. The van der Waals surface area contributed by atoms with E-state index in [2.05, 4.69) is 31.5 Å². The monoisotopic (exact) mass is 620 g/mol. The van der Waals surface area contributed by atoms with Gasteiger partial charge >= 0.3 is 0 Å². The molecular weight excluding hydrogens is 580 g/mol. The largest absolute Gasteiger partial charge is 0.381 e. The minimum absolute atomic E-state index is 0.168. The molecule has 0 unspecified atom stereocenters. The molecule has 214 valence electrons. The number of hydrogen-bond donors (Lipinski definition) is 2. The maximum absolute atomic E-state index is 13.6. The number of unbranched alkanes of at least 4 members (excludes halogenated alkanes) is 1. The Morgan fingerprint density at radius 1 is 1.18 bits per heavy atom. The quantitative estimate of drug-likeness (QED) is 0.247. The zero-order valence-corrected chi connectivity index (χ0v) is 25.8. The summed E-state index contributed by atoms with van der Waals surface area (Å²) in [6, 6.07) is 6.81. The van der Waals surface area contributed by atoms with Crippen LogP contribution in [0.4, 0.5) is 0 Å². The molecule has 3 rings (SSSR count). The lowest BCUT2D eigenvalue weighted by atomic mass is 9.85. The first-order valence-electron chi connectivity index (χ1n) is 13.6. The fourth-order valence-electron chi connectivity index (χ4n) is 4.58. The first-order valence-corrected chi connectivity index (χ1v) is 15.6. The summed E-state index contributed by atoms with van der Waals surface area (Å²) in [6.07, 6.45) is 3.51. The highest BCUT2D eigenvalue weighted by molar-refractivity contribution is 9.09. The van der Waals surface area contributed by atoms with Crippen LogP contribution < -0.4 is 10.6 Å². The molecule has 2 atom stereocenters. The van der Waals surface area contributed by atoms with Crippen molar-refractivity contribution in [1.82, 2.24) is 20.5 Å². The van der Waals surface area contributed by atoms with Gasteiger partial charge in [0.2, 0.25) is 17.7 Å². The number of thiazole rings is 1. The molecule has 1 fully saturated rings. The third-order valence-electron chi connectivity index (χ3n) is 6.83. The molecule has 1 aromatic heterocycles. The van der Waals surface area contributed by atoms with Gasteiger partial charge in [-0.25, -0.2) is 4.98 Å². The Labute approximate surface area is 244 Å². The molecule has 3 amide bonds. The van der Waals surface area contributed by atoms with E-state index >= 15 is 0 Å². The van der Waals surface area contributed by atoms with Gasteiger partial charge in [-0.1, -0.05) is 61.0 Å². The summed E-state index contributed by atoms with van der Waals surface area (Å²) in [5.74, 6) is -0.601. The van der Waals surface area contributed by atoms with Gasteiger partial charge in [0, 0.05) is 31.4 Å². The number of nitrogens with zero attached hydrogens (tertiary/aromatic N) is 2. The first-order chi connectivity index (χ1) is 18.6. The minimum atomic E-state index is -0.727. The lowest BCUT2D eigenvalue weighted by molar-refractivity contribution is -0.144. The Morgan fingerprint density at radius 3 is 2.56 bits per heavy atom. The molecule has 1 aliphatic heterocycles. The maximum atomic E-state index is 13.6. The first kappa shape index (κ1) is 31.2. The second-order valence-electron chi connectivity index (χ2n) is 11.0. The van der Waals surface area contributed by atoms with Crippen LogP contribution >= 0.6 is 27.3 Å². The number of rotatable bonds is 13. The second kappa shape index (κ2) is 14.9. The van der Waals surface area contributed by atoms with Crippen molar-refractivity contribution in [1.29, 1.82) is 0 Å². The molecule has 8 nitrogen and oxygen atoms in total. The summed E-state index contributed by atoms with van der Waals surface area (Å²) in [5.41, 5.74) is 4.43. The number of carbonyl (C=O) groups excluding carboxylic acids is 3. The van der Waals surface area contributed by atoms with E-state index < -0.39 is 17.5 Å². The fraction of sp³-hybridized carbons (Fsp3) is 0.586. The number of likely N-dealkylation sites (tertiary alicyclic amines) is 1. The topological polar surface area (TPSA) is 101 Å². The molecular formula is C29H41BrN4O4S. The Kier molecular flexibility index (Phi) is 11.9. The van der Waals surface area contributed by atoms with Crippen molar-refractivity contribution in [3.63, 3.8) is 0 Å². The molecule has 39 heavy (non-hydrogen) atoms. The Hall–Kier alpha value is -2.30. The number of amides is 3. The zero-order valence-electron chi connectivity index (χ0n) is 23.4. The predicted octanol–water partition coefficient (Wildman–Crippen LogP) is 4.84. The van der Waals surface area contributed by atoms with E-state index in [9.17, 15) is 14.4 Å². The van der Waals surface area contributed by atoms with Crippen molar-refractivity contribution in [2.45, 2.75) is 78.4 Å². The van der Waals surface area contributed by atoms with Crippen LogP contribution in [0, 0.1) is 12.3 Å². The van der Waals surface area contributed by atoms with E-state index in [1.807, 2.05) is 57.5 Å². The van der Waals surface area contributed by atoms with E-state index in [4.69, 9.17) is 4.74 Å². The van der Waals surface area contributed by atoms with Gasteiger partial charge in [-0.3, -0.25) is 14.4 Å². The van der Waals surface area contributed by atoms with Gasteiger partial charge in [0.05, 0.1) is 22.7 Å². The maximum Gasteiger partial charge on any atom is 0.246 e. The van der Waals surface area contributed by atoms with Crippen LogP contribution in [0.5, 0.6) is 0 Å². The van der Waals surface area contributed by atoms with Gasteiger partial charge in [0.1, 0.15) is 12.1 Å². The average molecular weight is 622 g/mol. The Balaban J connectivity index is 1.55. The van der Waals surface area contributed by atoms with Crippen molar-refractivity contribution in [3.05, 3.63) is 41.0 Å². The van der Waals surface area contributed by atoms with Crippen LogP contribution in [-0.2, 0) is 25.7 Å². The third kappa shape index (κ3) is 9.11. The Bertz CT molecular complexity index is 1100. The van der Waals surface area contributed by atoms with Crippen molar-refractivity contribution in [2.24, 2.45) is 5.41 Å². The molecule has 0 aliphatic carbocycles. The molecule has 2 heterocycles. The summed E-state index contributed by atoms with van der Waals surface area (Å²) in [6.45, 7) is 9.58. The van der Waals surface area contributed by atoms with Gasteiger partial charge in [-0.15, -0.1) is 11.3 Å². The lowest BCUT2D eigenvalue weighted by Gasteiger charge is -2.35. The van der Waals surface area contributed by atoms with Crippen LogP contribution in [0.15, 0.2) is 29.8 Å². The number of ether oxygens (including phenoxy) is 1. The molecule has 2 N–H and O–H groups in total. The molecule has 1 aromatic carbocycles.